The lowest BCUT2D eigenvalue weighted by Gasteiger charge is -2.35. The number of para-hydroxylation sites is 1. The normalized spacial score (nSPS) is 13.9. The number of piperazine rings is 1. The lowest BCUT2D eigenvalue weighted by Crippen LogP contribution is -2.50. The fraction of sp³-hybridized carbons (Fsp3) is 0.381. The second-order valence-corrected chi connectivity index (χ2v) is 6.63. The van der Waals surface area contributed by atoms with Crippen LogP contribution in [0.5, 0.6) is 0 Å². The average Bonchev–Trinajstić information content (AvgIpc) is 2.75. The summed E-state index contributed by atoms with van der Waals surface area (Å²) in [4.78, 5) is 33.2. The molecule has 2 aromatic rings. The molecule has 0 spiro atoms. The summed E-state index contributed by atoms with van der Waals surface area (Å²) in [6, 6.07) is 12.5. The van der Waals surface area contributed by atoms with Crippen LogP contribution in [0.2, 0.25) is 0 Å². The first-order chi connectivity index (χ1) is 13.7. The van der Waals surface area contributed by atoms with Gasteiger partial charge in [0.15, 0.2) is 0 Å². The molecule has 1 aromatic carbocycles. The minimum absolute atomic E-state index is 0.213. The number of carbonyl (C=O) groups excluding carboxylic acids is 2. The Bertz CT molecular complexity index is 789. The Morgan fingerprint density at radius 2 is 1.82 bits per heavy atom. The van der Waals surface area contributed by atoms with Crippen LogP contribution in [0.3, 0.4) is 0 Å². The molecule has 148 valence electrons. The van der Waals surface area contributed by atoms with Gasteiger partial charge in [-0.15, -0.1) is 0 Å². The summed E-state index contributed by atoms with van der Waals surface area (Å²) in [6.45, 7) is 5.02. The van der Waals surface area contributed by atoms with E-state index in [4.69, 9.17) is 4.74 Å². The number of aromatic nitrogens is 1. The van der Waals surface area contributed by atoms with Crippen molar-refractivity contribution in [3.05, 3.63) is 54.2 Å². The minimum atomic E-state index is -0.413. The smallest absolute Gasteiger partial charge is 0.340 e. The number of urea groups is 1. The summed E-state index contributed by atoms with van der Waals surface area (Å²) in [5.41, 5.74) is 0.847. The number of hydrogen-bond acceptors (Lipinski definition) is 5. The Morgan fingerprint density at radius 3 is 2.54 bits per heavy atom. The Morgan fingerprint density at radius 1 is 1.07 bits per heavy atom. The molecule has 0 bridgehead atoms. The van der Waals surface area contributed by atoms with Crippen LogP contribution in [0, 0.1) is 0 Å². The molecule has 1 N–H and O–H groups in total. The van der Waals surface area contributed by atoms with Crippen LogP contribution < -0.4 is 10.2 Å². The largest absolute Gasteiger partial charge is 0.462 e. The standard InChI is InChI=1S/C21H26N4O3/c1-2-3-16-28-20(26)17-8-4-5-9-18(17)23-21(27)25-14-12-24(13-15-25)19-10-6-7-11-22-19/h4-11H,2-3,12-16H2,1H3,(H,23,27). The lowest BCUT2D eigenvalue weighted by atomic mass is 10.2. The van der Waals surface area contributed by atoms with Crippen molar-refractivity contribution in [3.8, 4) is 0 Å². The number of anilines is 2. The van der Waals surface area contributed by atoms with Crippen molar-refractivity contribution in [2.24, 2.45) is 0 Å². The minimum Gasteiger partial charge on any atom is -0.462 e. The third-order valence-corrected chi connectivity index (χ3v) is 4.66. The van der Waals surface area contributed by atoms with E-state index in [1.807, 2.05) is 25.1 Å². The monoisotopic (exact) mass is 382 g/mol. The van der Waals surface area contributed by atoms with Crippen LogP contribution >= 0.6 is 0 Å². The number of nitrogens with zero attached hydrogens (tertiary/aromatic N) is 3. The van der Waals surface area contributed by atoms with Gasteiger partial charge in [0.25, 0.3) is 0 Å². The van der Waals surface area contributed by atoms with E-state index in [0.29, 0.717) is 44.0 Å². The van der Waals surface area contributed by atoms with Gasteiger partial charge in [-0.05, 0) is 30.7 Å². The van der Waals surface area contributed by atoms with Crippen molar-refractivity contribution in [2.75, 3.05) is 43.0 Å². The number of pyridine rings is 1. The van der Waals surface area contributed by atoms with Crippen molar-refractivity contribution >= 4 is 23.5 Å². The summed E-state index contributed by atoms with van der Waals surface area (Å²) in [5.74, 6) is 0.507. The van der Waals surface area contributed by atoms with E-state index in [0.717, 1.165) is 18.7 Å². The molecule has 1 aromatic heterocycles. The topological polar surface area (TPSA) is 74.8 Å². The highest BCUT2D eigenvalue weighted by molar-refractivity contribution is 6.00. The molecule has 1 fully saturated rings. The zero-order valence-corrected chi connectivity index (χ0v) is 16.1. The Labute approximate surface area is 165 Å². The van der Waals surface area contributed by atoms with Gasteiger partial charge in [-0.3, -0.25) is 0 Å². The van der Waals surface area contributed by atoms with Crippen molar-refractivity contribution in [3.63, 3.8) is 0 Å². The maximum absolute atomic E-state index is 12.7. The number of rotatable bonds is 6. The predicted octanol–water partition coefficient (Wildman–Crippen LogP) is 3.39. The highest BCUT2D eigenvalue weighted by Gasteiger charge is 2.23. The number of nitrogens with one attached hydrogen (secondary N) is 1. The van der Waals surface area contributed by atoms with E-state index in [1.54, 1.807) is 35.4 Å². The highest BCUT2D eigenvalue weighted by atomic mass is 16.5. The van der Waals surface area contributed by atoms with Crippen molar-refractivity contribution in [1.82, 2.24) is 9.88 Å². The second-order valence-electron chi connectivity index (χ2n) is 6.63. The third-order valence-electron chi connectivity index (χ3n) is 4.66. The first kappa shape index (κ1) is 19.7. The van der Waals surface area contributed by atoms with Crippen LogP contribution in [-0.2, 0) is 4.74 Å². The number of ether oxygens (including phenoxy) is 1. The zero-order chi connectivity index (χ0) is 19.8. The quantitative estimate of drug-likeness (QED) is 0.612. The molecule has 0 atom stereocenters. The first-order valence-corrected chi connectivity index (χ1v) is 9.67. The number of esters is 1. The Hall–Kier alpha value is -3.09. The summed E-state index contributed by atoms with van der Waals surface area (Å²) in [5, 5.41) is 2.86. The van der Waals surface area contributed by atoms with Gasteiger partial charge < -0.3 is 19.9 Å². The molecule has 2 amide bonds. The first-order valence-electron chi connectivity index (χ1n) is 9.67. The number of amides is 2. The number of unbranched alkanes of at least 4 members (excludes halogenated alkanes) is 1. The molecule has 0 radical (unpaired) electrons. The predicted molar refractivity (Wildman–Crippen MR) is 109 cm³/mol. The van der Waals surface area contributed by atoms with Crippen molar-refractivity contribution in [1.29, 1.82) is 0 Å². The Kier molecular flexibility index (Phi) is 6.84. The summed E-state index contributed by atoms with van der Waals surface area (Å²) in [6.07, 6.45) is 3.54. The molecule has 2 heterocycles. The van der Waals surface area contributed by atoms with Crippen LogP contribution in [0.1, 0.15) is 30.1 Å². The van der Waals surface area contributed by atoms with E-state index < -0.39 is 5.97 Å². The van der Waals surface area contributed by atoms with Gasteiger partial charge in [0.05, 0.1) is 17.9 Å². The Balaban J connectivity index is 1.57. The highest BCUT2D eigenvalue weighted by Crippen LogP contribution is 2.18. The molecule has 7 nitrogen and oxygen atoms in total. The average molecular weight is 382 g/mol. The lowest BCUT2D eigenvalue weighted by molar-refractivity contribution is 0.0501. The molecule has 1 saturated heterocycles. The molecular weight excluding hydrogens is 356 g/mol. The molecule has 28 heavy (non-hydrogen) atoms. The number of hydrogen-bond donors (Lipinski definition) is 1. The molecule has 3 rings (SSSR count). The third kappa shape index (κ3) is 5.00. The van der Waals surface area contributed by atoms with E-state index >= 15 is 0 Å². The maximum atomic E-state index is 12.7. The van der Waals surface area contributed by atoms with Gasteiger partial charge in [-0.2, -0.15) is 0 Å². The van der Waals surface area contributed by atoms with Crippen LogP contribution in [-0.4, -0.2) is 54.7 Å². The van der Waals surface area contributed by atoms with Crippen LogP contribution in [0.25, 0.3) is 0 Å². The van der Waals surface area contributed by atoms with Crippen molar-refractivity contribution < 1.29 is 14.3 Å². The van der Waals surface area contributed by atoms with E-state index in [2.05, 4.69) is 15.2 Å². The van der Waals surface area contributed by atoms with Gasteiger partial charge in [-0.1, -0.05) is 31.5 Å². The molecule has 0 aliphatic carbocycles. The van der Waals surface area contributed by atoms with E-state index in [-0.39, 0.29) is 6.03 Å². The second kappa shape index (κ2) is 9.73. The van der Waals surface area contributed by atoms with Crippen LogP contribution in [0.4, 0.5) is 16.3 Å². The van der Waals surface area contributed by atoms with E-state index in [9.17, 15) is 9.59 Å². The van der Waals surface area contributed by atoms with Gasteiger partial charge in [-0.25, -0.2) is 14.6 Å². The molecule has 0 saturated carbocycles. The van der Waals surface area contributed by atoms with Gasteiger partial charge >= 0.3 is 12.0 Å². The van der Waals surface area contributed by atoms with Crippen molar-refractivity contribution in [2.45, 2.75) is 19.8 Å². The fourth-order valence-electron chi connectivity index (χ4n) is 3.03. The number of carbonyl (C=O) groups is 2. The SMILES string of the molecule is CCCCOC(=O)c1ccccc1NC(=O)N1CCN(c2ccccn2)CC1. The molecule has 1 aliphatic rings. The van der Waals surface area contributed by atoms with Gasteiger partial charge in [0.2, 0.25) is 0 Å². The van der Waals surface area contributed by atoms with Gasteiger partial charge in [0, 0.05) is 32.4 Å². The summed E-state index contributed by atoms with van der Waals surface area (Å²) < 4.78 is 5.28. The van der Waals surface area contributed by atoms with E-state index in [1.165, 1.54) is 0 Å². The number of benzene rings is 1. The molecule has 1 aliphatic heterocycles. The molecule has 0 unspecified atom stereocenters. The molecule has 7 heteroatoms. The molecular formula is C21H26N4O3. The fourth-order valence-corrected chi connectivity index (χ4v) is 3.03. The van der Waals surface area contributed by atoms with Crippen LogP contribution in [0.15, 0.2) is 48.7 Å². The summed E-state index contributed by atoms with van der Waals surface area (Å²) >= 11 is 0. The van der Waals surface area contributed by atoms with Gasteiger partial charge in [0.1, 0.15) is 5.82 Å². The maximum Gasteiger partial charge on any atom is 0.340 e. The zero-order valence-electron chi connectivity index (χ0n) is 16.1. The summed E-state index contributed by atoms with van der Waals surface area (Å²) in [7, 11) is 0.